The lowest BCUT2D eigenvalue weighted by molar-refractivity contribution is -0.220. The van der Waals surface area contributed by atoms with Gasteiger partial charge in [-0.1, -0.05) is 48.0 Å². The van der Waals surface area contributed by atoms with Crippen molar-refractivity contribution < 1.29 is 24.2 Å². The molecule has 6 heteroatoms. The van der Waals surface area contributed by atoms with Crippen molar-refractivity contribution in [3.63, 3.8) is 0 Å². The number of carbonyl (C=O) groups is 3. The fourth-order valence-corrected chi connectivity index (χ4v) is 11.6. The zero-order valence-corrected chi connectivity index (χ0v) is 27.1. The van der Waals surface area contributed by atoms with Gasteiger partial charge in [-0.25, -0.2) is 0 Å². The maximum atomic E-state index is 12.9. The molecule has 2 N–H and O–H groups in total. The monoisotopic (exact) mass is 571 g/mol. The molecule has 0 aromatic carbocycles. The van der Waals surface area contributed by atoms with E-state index < -0.39 is 11.4 Å². The highest BCUT2D eigenvalue weighted by molar-refractivity contribution is 5.81. The third-order valence-corrected chi connectivity index (χ3v) is 13.8. The minimum atomic E-state index is -1.12. The molecule has 0 aromatic rings. The van der Waals surface area contributed by atoms with E-state index in [1.165, 1.54) is 38.5 Å². The number of carboxylic acid groups (broad SMARTS) is 1. The van der Waals surface area contributed by atoms with E-state index in [2.05, 4.69) is 33.0 Å². The van der Waals surface area contributed by atoms with E-state index in [0.29, 0.717) is 29.1 Å². The number of amides is 1. The molecule has 5 aliphatic rings. The lowest BCUT2D eigenvalue weighted by Gasteiger charge is -2.69. The van der Waals surface area contributed by atoms with E-state index in [1.54, 1.807) is 13.8 Å². The van der Waals surface area contributed by atoms with Crippen LogP contribution in [0.2, 0.25) is 0 Å². The summed E-state index contributed by atoms with van der Waals surface area (Å²) < 4.78 is 6.10. The van der Waals surface area contributed by atoms with E-state index in [4.69, 9.17) is 4.74 Å². The van der Waals surface area contributed by atoms with E-state index in [0.717, 1.165) is 38.0 Å². The molecule has 41 heavy (non-hydrogen) atoms. The topological polar surface area (TPSA) is 92.7 Å². The Morgan fingerprint density at radius 2 is 1.54 bits per heavy atom. The van der Waals surface area contributed by atoms with Gasteiger partial charge in [-0.3, -0.25) is 14.4 Å². The molecule has 5 aliphatic carbocycles. The van der Waals surface area contributed by atoms with Crippen molar-refractivity contribution in [3.8, 4) is 0 Å². The minimum absolute atomic E-state index is 0.0198. The lowest BCUT2D eigenvalue weighted by Crippen LogP contribution is -2.65. The summed E-state index contributed by atoms with van der Waals surface area (Å²) >= 11 is 0. The van der Waals surface area contributed by atoms with Crippen LogP contribution >= 0.6 is 0 Å². The number of carbonyl (C=O) groups excluding carboxylic acids is 2. The highest BCUT2D eigenvalue weighted by Gasteiger charge is 2.66. The van der Waals surface area contributed by atoms with Crippen LogP contribution in [0.15, 0.2) is 0 Å². The number of hydrogen-bond donors (Lipinski definition) is 2. The van der Waals surface area contributed by atoms with Crippen molar-refractivity contribution in [1.82, 2.24) is 5.32 Å². The van der Waals surface area contributed by atoms with Gasteiger partial charge in [0.15, 0.2) is 0 Å². The number of carboxylic acids is 1. The summed E-state index contributed by atoms with van der Waals surface area (Å²) in [6.45, 7) is 17.0. The van der Waals surface area contributed by atoms with E-state index in [1.807, 2.05) is 13.8 Å². The van der Waals surface area contributed by atoms with Crippen LogP contribution in [-0.4, -0.2) is 34.6 Å². The average Bonchev–Trinajstić information content (AvgIpc) is 3.29. The van der Waals surface area contributed by atoms with Gasteiger partial charge in [0, 0.05) is 16.9 Å². The van der Waals surface area contributed by atoms with Crippen LogP contribution in [0.4, 0.5) is 0 Å². The van der Waals surface area contributed by atoms with Gasteiger partial charge in [0.1, 0.15) is 6.10 Å². The molecule has 0 bridgehead atoms. The minimum Gasteiger partial charge on any atom is -0.481 e. The SMILES string of the molecule is CC(C)C(=O)NC12CCCC1C1CCC3C(C)(CCC4C(C)(C)C(OC(=O)CC(C)(C)C(=O)O)CCC43C)C1CC2. The Hall–Kier alpha value is -1.59. The molecule has 1 amide bonds. The third-order valence-electron chi connectivity index (χ3n) is 13.8. The van der Waals surface area contributed by atoms with Crippen molar-refractivity contribution in [1.29, 1.82) is 0 Å². The number of nitrogens with one attached hydrogen (secondary N) is 1. The molecule has 0 heterocycles. The maximum absolute atomic E-state index is 12.9. The van der Waals surface area contributed by atoms with E-state index in [9.17, 15) is 19.5 Å². The second-order valence-corrected chi connectivity index (χ2v) is 17.0. The fourth-order valence-electron chi connectivity index (χ4n) is 11.6. The second-order valence-electron chi connectivity index (χ2n) is 17.0. The summed E-state index contributed by atoms with van der Waals surface area (Å²) in [5.74, 6) is 2.11. The summed E-state index contributed by atoms with van der Waals surface area (Å²) in [5, 5.41) is 13.1. The number of aliphatic carboxylic acids is 1. The molecule has 9 unspecified atom stereocenters. The van der Waals surface area contributed by atoms with Gasteiger partial charge in [-0.15, -0.1) is 0 Å². The Labute approximate surface area is 248 Å². The van der Waals surface area contributed by atoms with E-state index >= 15 is 0 Å². The van der Waals surface area contributed by atoms with Crippen LogP contribution in [0.3, 0.4) is 0 Å². The molecule has 5 saturated carbocycles. The van der Waals surface area contributed by atoms with Gasteiger partial charge in [0.25, 0.3) is 0 Å². The zero-order valence-electron chi connectivity index (χ0n) is 27.1. The van der Waals surface area contributed by atoms with E-state index in [-0.39, 0.29) is 46.7 Å². The first-order valence-electron chi connectivity index (χ1n) is 16.7. The lowest BCUT2D eigenvalue weighted by atomic mass is 9.36. The molecule has 0 saturated heterocycles. The van der Waals surface area contributed by atoms with Gasteiger partial charge >= 0.3 is 11.9 Å². The second kappa shape index (κ2) is 10.3. The number of esters is 1. The summed E-state index contributed by atoms with van der Waals surface area (Å²) in [5.41, 5.74) is -0.727. The van der Waals surface area contributed by atoms with Crippen LogP contribution in [0, 0.1) is 57.2 Å². The van der Waals surface area contributed by atoms with Crippen molar-refractivity contribution in [2.24, 2.45) is 57.2 Å². The first kappa shape index (κ1) is 30.9. The molecular weight excluding hydrogens is 514 g/mol. The zero-order chi connectivity index (χ0) is 30.2. The van der Waals surface area contributed by atoms with Gasteiger partial charge in [0.2, 0.25) is 5.91 Å². The summed E-state index contributed by atoms with van der Waals surface area (Å²) in [6.07, 6.45) is 12.6. The van der Waals surface area contributed by atoms with Gasteiger partial charge in [-0.05, 0) is 118 Å². The smallest absolute Gasteiger partial charge is 0.309 e. The molecule has 0 radical (unpaired) electrons. The summed E-state index contributed by atoms with van der Waals surface area (Å²) in [6, 6.07) is 0. The Bertz CT molecular complexity index is 1060. The number of fused-ring (bicyclic) bond motifs is 7. The van der Waals surface area contributed by atoms with Gasteiger partial charge in [-0.2, -0.15) is 0 Å². The number of hydrogen-bond acceptors (Lipinski definition) is 4. The van der Waals surface area contributed by atoms with Crippen LogP contribution in [-0.2, 0) is 19.1 Å². The molecule has 5 rings (SSSR count). The predicted octanol–water partition coefficient (Wildman–Crippen LogP) is 7.39. The van der Waals surface area contributed by atoms with Crippen LogP contribution in [0.5, 0.6) is 0 Å². The Morgan fingerprint density at radius 1 is 0.854 bits per heavy atom. The Balaban J connectivity index is 1.33. The molecule has 0 aromatic heterocycles. The Kier molecular flexibility index (Phi) is 7.72. The van der Waals surface area contributed by atoms with Gasteiger partial charge < -0.3 is 15.2 Å². The van der Waals surface area contributed by atoms with Gasteiger partial charge in [0.05, 0.1) is 11.8 Å². The summed E-state index contributed by atoms with van der Waals surface area (Å²) in [4.78, 5) is 37.4. The quantitative estimate of drug-likeness (QED) is 0.324. The first-order chi connectivity index (χ1) is 19.0. The molecule has 232 valence electrons. The van der Waals surface area contributed by atoms with Crippen LogP contribution in [0.1, 0.15) is 132 Å². The highest BCUT2D eigenvalue weighted by Crippen LogP contribution is 2.72. The molecule has 0 spiro atoms. The molecule has 9 atom stereocenters. The summed E-state index contributed by atoms with van der Waals surface area (Å²) in [7, 11) is 0. The Morgan fingerprint density at radius 3 is 2.20 bits per heavy atom. The van der Waals surface area contributed by atoms with Crippen molar-refractivity contribution in [2.45, 2.75) is 144 Å². The van der Waals surface area contributed by atoms with Crippen LogP contribution in [0.25, 0.3) is 0 Å². The first-order valence-corrected chi connectivity index (χ1v) is 16.7. The van der Waals surface area contributed by atoms with Crippen LogP contribution < -0.4 is 5.32 Å². The fraction of sp³-hybridized carbons (Fsp3) is 0.914. The molecule has 5 fully saturated rings. The van der Waals surface area contributed by atoms with Crippen molar-refractivity contribution >= 4 is 17.8 Å². The number of ether oxygens (including phenoxy) is 1. The molecular formula is C35H57NO5. The molecule has 6 nitrogen and oxygen atoms in total. The standard InChI is InChI=1S/C35H57NO5/c1-21(2)29(38)36-35-16-9-10-24(35)22-11-12-26-33(7,23(22)13-19-35)17-14-25-32(5,6)27(15-18-34(25,26)8)41-28(37)20-31(3,4)30(39)40/h21-27H,9-20H2,1-8H3,(H,36,38)(H,39,40). The largest absolute Gasteiger partial charge is 0.481 e. The average molecular weight is 572 g/mol. The van der Waals surface area contributed by atoms with Crippen molar-refractivity contribution in [2.75, 3.05) is 0 Å². The number of rotatable bonds is 6. The highest BCUT2D eigenvalue weighted by atomic mass is 16.5. The normalized spacial score (nSPS) is 43.2. The van der Waals surface area contributed by atoms with Crippen molar-refractivity contribution in [3.05, 3.63) is 0 Å². The third kappa shape index (κ3) is 4.86. The maximum Gasteiger partial charge on any atom is 0.309 e. The predicted molar refractivity (Wildman–Crippen MR) is 160 cm³/mol. The molecule has 0 aliphatic heterocycles.